The normalized spacial score (nSPS) is 24.3. The van der Waals surface area contributed by atoms with Gasteiger partial charge in [-0.1, -0.05) is 52.5 Å². The molecule has 4 nitrogen and oxygen atoms in total. The maximum absolute atomic E-state index is 12.5. The Morgan fingerprint density at radius 1 is 1.30 bits per heavy atom. The Labute approximate surface area is 156 Å². The Hall–Kier alpha value is -0.230. The van der Waals surface area contributed by atoms with Crippen LogP contribution in [-0.4, -0.2) is 46.1 Å². The molecule has 1 aromatic rings. The number of halogens is 4. The summed E-state index contributed by atoms with van der Waals surface area (Å²) in [4.78, 5) is 14.4. The Balaban J connectivity index is 2.17. The molecule has 0 spiro atoms. The number of carbonyl (C=O) groups excluding carboxylic acids is 1. The van der Waals surface area contributed by atoms with E-state index in [9.17, 15) is 4.79 Å². The van der Waals surface area contributed by atoms with Crippen LogP contribution in [0.15, 0.2) is 24.3 Å². The van der Waals surface area contributed by atoms with E-state index in [1.54, 1.807) is 24.3 Å². The third-order valence-electron chi connectivity index (χ3n) is 3.48. The first-order valence-electron chi connectivity index (χ1n) is 7.19. The van der Waals surface area contributed by atoms with Gasteiger partial charge in [0.25, 0.3) is 5.91 Å². The molecule has 1 saturated heterocycles. The minimum absolute atomic E-state index is 0.0170. The molecule has 128 valence electrons. The second-order valence-corrected chi connectivity index (χ2v) is 8.44. The zero-order valence-corrected chi connectivity index (χ0v) is 15.8. The number of nitrogens with zero attached hydrogens (tertiary/aromatic N) is 1. The Kier molecular flexibility index (Phi) is 6.45. The molecule has 8 heteroatoms. The molecular formula is C15H18Cl4N2O2. The smallest absolute Gasteiger partial charge is 0.252 e. The standard InChI is InChI=1S/C15H18Cl4N2O2/c1-9-7-21(8-10(2)23-9)14(15(17,18)19)20-13(22)11-4-3-5-12(16)6-11/h3-6,9-10,14H,7-8H2,1-2H3,(H,20,22)/t9-,10+,14-/m0/s1. The fourth-order valence-corrected chi connectivity index (χ4v) is 3.41. The van der Waals surface area contributed by atoms with E-state index in [0.717, 1.165) is 0 Å². The zero-order chi connectivity index (χ0) is 17.2. The molecule has 0 aliphatic carbocycles. The summed E-state index contributed by atoms with van der Waals surface area (Å²) in [5, 5.41) is 3.26. The lowest BCUT2D eigenvalue weighted by Crippen LogP contribution is -2.60. The number of carbonyl (C=O) groups is 1. The second kappa shape index (κ2) is 7.77. The summed E-state index contributed by atoms with van der Waals surface area (Å²) >= 11 is 24.2. The van der Waals surface area contributed by atoms with Crippen LogP contribution < -0.4 is 5.32 Å². The summed E-state index contributed by atoms with van der Waals surface area (Å²) in [7, 11) is 0. The minimum atomic E-state index is -1.68. The average Bonchev–Trinajstić information content (AvgIpc) is 2.42. The highest BCUT2D eigenvalue weighted by atomic mass is 35.6. The van der Waals surface area contributed by atoms with Gasteiger partial charge in [-0.05, 0) is 32.0 Å². The molecular weight excluding hydrogens is 382 g/mol. The van der Waals surface area contributed by atoms with Crippen LogP contribution in [0, 0.1) is 0 Å². The highest BCUT2D eigenvalue weighted by molar-refractivity contribution is 6.68. The third-order valence-corrected chi connectivity index (χ3v) is 4.33. The van der Waals surface area contributed by atoms with Gasteiger partial charge in [0.15, 0.2) is 0 Å². The van der Waals surface area contributed by atoms with Gasteiger partial charge in [-0.15, -0.1) is 0 Å². The van der Waals surface area contributed by atoms with E-state index in [1.807, 2.05) is 18.7 Å². The predicted octanol–water partition coefficient (Wildman–Crippen LogP) is 3.88. The Morgan fingerprint density at radius 2 is 1.91 bits per heavy atom. The largest absolute Gasteiger partial charge is 0.373 e. The highest BCUT2D eigenvalue weighted by Gasteiger charge is 2.41. The summed E-state index contributed by atoms with van der Waals surface area (Å²) in [5.41, 5.74) is 0.408. The summed E-state index contributed by atoms with van der Waals surface area (Å²) < 4.78 is 4.01. The highest BCUT2D eigenvalue weighted by Crippen LogP contribution is 2.33. The number of hydrogen-bond acceptors (Lipinski definition) is 3. The van der Waals surface area contributed by atoms with Crippen molar-refractivity contribution in [2.45, 2.75) is 36.0 Å². The number of hydrogen-bond donors (Lipinski definition) is 1. The van der Waals surface area contributed by atoms with E-state index in [0.29, 0.717) is 23.7 Å². The van der Waals surface area contributed by atoms with Gasteiger partial charge in [-0.2, -0.15) is 0 Å². The van der Waals surface area contributed by atoms with Gasteiger partial charge in [0.2, 0.25) is 3.79 Å². The first-order valence-corrected chi connectivity index (χ1v) is 8.70. The van der Waals surface area contributed by atoms with E-state index in [1.165, 1.54) is 0 Å². The van der Waals surface area contributed by atoms with Crippen LogP contribution in [0.25, 0.3) is 0 Å². The Bertz CT molecular complexity index is 555. The summed E-state index contributed by atoms with van der Waals surface area (Å²) in [6.45, 7) is 4.99. The van der Waals surface area contributed by atoms with Crippen molar-refractivity contribution in [3.8, 4) is 0 Å². The van der Waals surface area contributed by atoms with Gasteiger partial charge in [-0.3, -0.25) is 9.69 Å². The first kappa shape index (κ1) is 19.1. The van der Waals surface area contributed by atoms with Crippen molar-refractivity contribution >= 4 is 52.3 Å². The van der Waals surface area contributed by atoms with E-state index < -0.39 is 9.96 Å². The molecule has 0 radical (unpaired) electrons. The number of alkyl halides is 3. The second-order valence-electron chi connectivity index (χ2n) is 5.64. The molecule has 1 aliphatic rings. The van der Waals surface area contributed by atoms with Crippen LogP contribution >= 0.6 is 46.4 Å². The topological polar surface area (TPSA) is 41.6 Å². The third kappa shape index (κ3) is 5.38. The van der Waals surface area contributed by atoms with Crippen LogP contribution in [0.1, 0.15) is 24.2 Å². The maximum atomic E-state index is 12.5. The fraction of sp³-hybridized carbons (Fsp3) is 0.533. The lowest BCUT2D eigenvalue weighted by molar-refractivity contribution is -0.0826. The van der Waals surface area contributed by atoms with Crippen molar-refractivity contribution in [3.63, 3.8) is 0 Å². The molecule has 3 atom stereocenters. The molecule has 23 heavy (non-hydrogen) atoms. The van der Waals surface area contributed by atoms with E-state index >= 15 is 0 Å². The number of benzene rings is 1. The molecule has 0 aromatic heterocycles. The van der Waals surface area contributed by atoms with Crippen molar-refractivity contribution in [2.75, 3.05) is 13.1 Å². The molecule has 1 aromatic carbocycles. The van der Waals surface area contributed by atoms with E-state index in [2.05, 4.69) is 5.32 Å². The molecule has 1 heterocycles. The number of rotatable bonds is 3. The van der Waals surface area contributed by atoms with Gasteiger partial charge < -0.3 is 10.1 Å². The quantitative estimate of drug-likeness (QED) is 0.784. The number of amides is 1. The van der Waals surface area contributed by atoms with Crippen molar-refractivity contribution in [1.29, 1.82) is 0 Å². The van der Waals surface area contributed by atoms with Crippen LogP contribution in [0.4, 0.5) is 0 Å². The summed E-state index contributed by atoms with van der Waals surface area (Å²) in [5.74, 6) is -0.351. The van der Waals surface area contributed by atoms with Gasteiger partial charge in [0.1, 0.15) is 6.17 Å². The first-order chi connectivity index (χ1) is 10.7. The molecule has 0 saturated carbocycles. The van der Waals surface area contributed by atoms with Crippen molar-refractivity contribution < 1.29 is 9.53 Å². The lowest BCUT2D eigenvalue weighted by atomic mass is 10.2. The van der Waals surface area contributed by atoms with Crippen LogP contribution in [0.2, 0.25) is 5.02 Å². The van der Waals surface area contributed by atoms with Gasteiger partial charge in [0, 0.05) is 23.7 Å². The van der Waals surface area contributed by atoms with Crippen LogP contribution in [0.3, 0.4) is 0 Å². The summed E-state index contributed by atoms with van der Waals surface area (Å²) in [6.07, 6.45) is -0.805. The van der Waals surface area contributed by atoms with Crippen LogP contribution in [0.5, 0.6) is 0 Å². The van der Waals surface area contributed by atoms with E-state index in [4.69, 9.17) is 51.1 Å². The number of morpholine rings is 1. The van der Waals surface area contributed by atoms with E-state index in [-0.39, 0.29) is 18.1 Å². The molecule has 1 aliphatic heterocycles. The zero-order valence-electron chi connectivity index (χ0n) is 12.7. The fourth-order valence-electron chi connectivity index (χ4n) is 2.65. The van der Waals surface area contributed by atoms with Gasteiger partial charge >= 0.3 is 0 Å². The molecule has 1 N–H and O–H groups in total. The van der Waals surface area contributed by atoms with Crippen molar-refractivity contribution in [2.24, 2.45) is 0 Å². The monoisotopic (exact) mass is 398 g/mol. The predicted molar refractivity (Wildman–Crippen MR) is 94.6 cm³/mol. The average molecular weight is 400 g/mol. The maximum Gasteiger partial charge on any atom is 0.252 e. The summed E-state index contributed by atoms with van der Waals surface area (Å²) in [6, 6.07) is 6.61. The number of ether oxygens (including phenoxy) is 1. The SMILES string of the molecule is C[C@@H]1CN([C@H](NC(=O)c2cccc(Cl)c2)C(Cl)(Cl)Cl)C[C@H](C)O1. The van der Waals surface area contributed by atoms with Crippen LogP contribution in [-0.2, 0) is 4.74 Å². The lowest BCUT2D eigenvalue weighted by Gasteiger charge is -2.42. The van der Waals surface area contributed by atoms with Gasteiger partial charge in [0.05, 0.1) is 12.2 Å². The molecule has 0 bridgehead atoms. The van der Waals surface area contributed by atoms with Crippen molar-refractivity contribution in [1.82, 2.24) is 10.2 Å². The number of nitrogens with one attached hydrogen (secondary N) is 1. The van der Waals surface area contributed by atoms with Crippen molar-refractivity contribution in [3.05, 3.63) is 34.9 Å². The molecule has 0 unspecified atom stereocenters. The molecule has 1 amide bonds. The minimum Gasteiger partial charge on any atom is -0.373 e. The molecule has 1 fully saturated rings. The Morgan fingerprint density at radius 3 is 2.43 bits per heavy atom. The molecule has 2 rings (SSSR count). The van der Waals surface area contributed by atoms with Gasteiger partial charge in [-0.25, -0.2) is 0 Å².